The van der Waals surface area contributed by atoms with E-state index in [9.17, 15) is 0 Å². The molecule has 0 unspecified atom stereocenters. The molecule has 0 bridgehead atoms. The smallest absolute Gasteiger partial charge is 0.155 e. The van der Waals surface area contributed by atoms with Crippen molar-refractivity contribution < 1.29 is 4.74 Å². The van der Waals surface area contributed by atoms with Crippen LogP contribution >= 0.6 is 0 Å². The largest absolute Gasteiger partial charge is 0.351 e. The summed E-state index contributed by atoms with van der Waals surface area (Å²) in [5.41, 5.74) is 12.0. The van der Waals surface area contributed by atoms with Crippen LogP contribution in [0.1, 0.15) is 19.4 Å². The molecule has 1 aromatic rings. The highest BCUT2D eigenvalue weighted by Gasteiger charge is 2.30. The van der Waals surface area contributed by atoms with Crippen molar-refractivity contribution in [3.8, 4) is 0 Å². The second-order valence-corrected chi connectivity index (χ2v) is 4.99. The van der Waals surface area contributed by atoms with Gasteiger partial charge in [0, 0.05) is 0 Å². The Kier molecular flexibility index (Phi) is 3.39. The molecule has 3 heteroatoms. The molecule has 0 saturated heterocycles. The van der Waals surface area contributed by atoms with Crippen LogP contribution in [0, 0.1) is 0 Å². The van der Waals surface area contributed by atoms with E-state index in [0.29, 0.717) is 0 Å². The highest BCUT2D eigenvalue weighted by Crippen LogP contribution is 2.28. The Bertz CT molecular complexity index is 449. The van der Waals surface area contributed by atoms with Crippen molar-refractivity contribution in [2.45, 2.75) is 31.2 Å². The van der Waals surface area contributed by atoms with Crippen LogP contribution in [-0.4, -0.2) is 11.8 Å². The van der Waals surface area contributed by atoms with Gasteiger partial charge in [-0.15, -0.1) is 0 Å². The summed E-state index contributed by atoms with van der Waals surface area (Å²) in [6.07, 6.45) is 7.49. The average molecular weight is 244 g/mol. The predicted octanol–water partition coefficient (Wildman–Crippen LogP) is 2.05. The molecular formula is C15H20N2O. The van der Waals surface area contributed by atoms with E-state index < -0.39 is 11.3 Å². The van der Waals surface area contributed by atoms with E-state index in [4.69, 9.17) is 16.2 Å². The maximum Gasteiger partial charge on any atom is 0.155 e. The molecule has 1 aromatic carbocycles. The van der Waals surface area contributed by atoms with Crippen LogP contribution in [0.5, 0.6) is 0 Å². The first-order chi connectivity index (χ1) is 8.44. The van der Waals surface area contributed by atoms with Gasteiger partial charge in [0.1, 0.15) is 0 Å². The lowest BCUT2D eigenvalue weighted by atomic mass is 9.85. The maximum absolute atomic E-state index is 6.35. The summed E-state index contributed by atoms with van der Waals surface area (Å²) < 4.78 is 5.66. The molecule has 0 amide bonds. The van der Waals surface area contributed by atoms with E-state index in [0.717, 1.165) is 5.56 Å². The van der Waals surface area contributed by atoms with Crippen LogP contribution in [0.3, 0.4) is 0 Å². The van der Waals surface area contributed by atoms with Gasteiger partial charge in [0.2, 0.25) is 0 Å². The lowest BCUT2D eigenvalue weighted by molar-refractivity contribution is -0.0132. The Morgan fingerprint density at radius 1 is 0.944 bits per heavy atom. The highest BCUT2D eigenvalue weighted by atomic mass is 16.5. The zero-order valence-electron chi connectivity index (χ0n) is 10.8. The van der Waals surface area contributed by atoms with Gasteiger partial charge in [0.15, 0.2) is 5.72 Å². The fraction of sp³-hybridized carbons (Fsp3) is 0.333. The van der Waals surface area contributed by atoms with Gasteiger partial charge in [-0.05, 0) is 31.6 Å². The lowest BCUT2D eigenvalue weighted by Crippen LogP contribution is -2.46. The van der Waals surface area contributed by atoms with Crippen molar-refractivity contribution in [2.75, 3.05) is 0 Å². The molecule has 0 heterocycles. The van der Waals surface area contributed by atoms with Crippen LogP contribution < -0.4 is 11.5 Å². The summed E-state index contributed by atoms with van der Waals surface area (Å²) in [5.74, 6) is 0. The van der Waals surface area contributed by atoms with E-state index >= 15 is 0 Å². The topological polar surface area (TPSA) is 61.3 Å². The summed E-state index contributed by atoms with van der Waals surface area (Å²) >= 11 is 0. The van der Waals surface area contributed by atoms with Crippen LogP contribution in [0.15, 0.2) is 54.6 Å². The molecule has 3 nitrogen and oxygen atoms in total. The zero-order valence-corrected chi connectivity index (χ0v) is 10.8. The third-order valence-corrected chi connectivity index (χ3v) is 2.95. The number of nitrogens with two attached hydrogens (primary N) is 2. The van der Waals surface area contributed by atoms with Crippen molar-refractivity contribution in [1.29, 1.82) is 0 Å². The van der Waals surface area contributed by atoms with E-state index in [1.165, 1.54) is 0 Å². The monoisotopic (exact) mass is 244 g/mol. The summed E-state index contributed by atoms with van der Waals surface area (Å²) in [4.78, 5) is 0. The molecule has 1 aliphatic carbocycles. The van der Waals surface area contributed by atoms with Gasteiger partial charge in [0.05, 0.1) is 11.6 Å². The van der Waals surface area contributed by atoms with Crippen molar-refractivity contribution in [1.82, 2.24) is 0 Å². The third kappa shape index (κ3) is 2.70. The first-order valence-electron chi connectivity index (χ1n) is 6.15. The molecule has 0 radical (unpaired) electrons. The SMILES string of the molecule is CC(C)OC1(N)C=CC(N)(c2ccccc2)C=C1. The van der Waals surface area contributed by atoms with E-state index in [-0.39, 0.29) is 6.10 Å². The molecule has 0 fully saturated rings. The number of benzene rings is 1. The number of hydrogen-bond acceptors (Lipinski definition) is 3. The first kappa shape index (κ1) is 13.0. The second-order valence-electron chi connectivity index (χ2n) is 4.99. The minimum Gasteiger partial charge on any atom is -0.351 e. The first-order valence-corrected chi connectivity index (χ1v) is 6.15. The Hall–Kier alpha value is -1.42. The van der Waals surface area contributed by atoms with Gasteiger partial charge in [-0.25, -0.2) is 0 Å². The van der Waals surface area contributed by atoms with Gasteiger partial charge in [0.25, 0.3) is 0 Å². The summed E-state index contributed by atoms with van der Waals surface area (Å²) in [5, 5.41) is 0. The number of rotatable bonds is 3. The van der Waals surface area contributed by atoms with Crippen LogP contribution in [0.2, 0.25) is 0 Å². The maximum atomic E-state index is 6.35. The zero-order chi connectivity index (χ0) is 13.2. The predicted molar refractivity (Wildman–Crippen MR) is 73.7 cm³/mol. The number of hydrogen-bond donors (Lipinski definition) is 2. The van der Waals surface area contributed by atoms with Crippen molar-refractivity contribution >= 4 is 0 Å². The van der Waals surface area contributed by atoms with Gasteiger partial charge in [-0.3, -0.25) is 5.73 Å². The Morgan fingerprint density at radius 3 is 2.00 bits per heavy atom. The summed E-state index contributed by atoms with van der Waals surface area (Å²) in [7, 11) is 0. The molecule has 0 spiro atoms. The van der Waals surface area contributed by atoms with Crippen LogP contribution in [-0.2, 0) is 10.3 Å². The Labute approximate surface area is 108 Å². The van der Waals surface area contributed by atoms with Gasteiger partial charge >= 0.3 is 0 Å². The van der Waals surface area contributed by atoms with Crippen molar-refractivity contribution in [2.24, 2.45) is 11.5 Å². The second kappa shape index (κ2) is 4.69. The highest BCUT2D eigenvalue weighted by molar-refractivity contribution is 5.40. The molecule has 96 valence electrons. The minimum absolute atomic E-state index is 0.0614. The fourth-order valence-electron chi connectivity index (χ4n) is 2.05. The fourth-order valence-corrected chi connectivity index (χ4v) is 2.05. The quantitative estimate of drug-likeness (QED) is 0.632. The Morgan fingerprint density at radius 2 is 1.50 bits per heavy atom. The molecule has 0 aliphatic heterocycles. The molecule has 4 N–H and O–H groups in total. The standard InChI is InChI=1S/C15H20N2O/c1-12(2)18-15(17)10-8-14(16,9-11-15)13-6-4-3-5-7-13/h3-12H,16-17H2,1-2H3. The molecule has 2 rings (SSSR count). The minimum atomic E-state index is -0.855. The molecule has 0 aromatic heterocycles. The van der Waals surface area contributed by atoms with E-state index in [1.54, 1.807) is 0 Å². The summed E-state index contributed by atoms with van der Waals surface area (Å²) in [6, 6.07) is 9.92. The van der Waals surface area contributed by atoms with E-state index in [1.807, 2.05) is 68.5 Å². The van der Waals surface area contributed by atoms with E-state index in [2.05, 4.69) is 0 Å². The van der Waals surface area contributed by atoms with Crippen molar-refractivity contribution in [3.63, 3.8) is 0 Å². The number of ether oxygens (including phenoxy) is 1. The normalized spacial score (nSPS) is 30.9. The molecule has 1 aliphatic rings. The summed E-state index contributed by atoms with van der Waals surface area (Å²) in [6.45, 7) is 3.91. The van der Waals surface area contributed by atoms with Gasteiger partial charge in [-0.1, -0.05) is 42.5 Å². The van der Waals surface area contributed by atoms with Crippen LogP contribution in [0.4, 0.5) is 0 Å². The van der Waals surface area contributed by atoms with Gasteiger partial charge in [-0.2, -0.15) is 0 Å². The Balaban J connectivity index is 2.23. The third-order valence-electron chi connectivity index (χ3n) is 2.95. The molecule has 0 atom stereocenters. The molecule has 18 heavy (non-hydrogen) atoms. The van der Waals surface area contributed by atoms with Gasteiger partial charge < -0.3 is 10.5 Å². The lowest BCUT2D eigenvalue weighted by Gasteiger charge is -2.33. The van der Waals surface area contributed by atoms with Crippen LogP contribution in [0.25, 0.3) is 0 Å². The average Bonchev–Trinajstić information content (AvgIpc) is 2.34. The van der Waals surface area contributed by atoms with Crippen molar-refractivity contribution in [3.05, 3.63) is 60.2 Å². The molecule has 0 saturated carbocycles. The molecular weight excluding hydrogens is 224 g/mol.